The Kier molecular flexibility index (Phi) is 5.17. The summed E-state index contributed by atoms with van der Waals surface area (Å²) in [6.07, 6.45) is 0.973. The summed E-state index contributed by atoms with van der Waals surface area (Å²) in [6.45, 7) is 8.91. The van der Waals surface area contributed by atoms with Crippen molar-refractivity contribution < 1.29 is 14.6 Å². The van der Waals surface area contributed by atoms with Gasteiger partial charge in [0.25, 0.3) is 5.91 Å². The molecule has 0 fully saturated rings. The first kappa shape index (κ1) is 16.5. The Morgan fingerprint density at radius 1 is 1.20 bits per heavy atom. The van der Waals surface area contributed by atoms with E-state index in [9.17, 15) is 9.90 Å². The van der Waals surface area contributed by atoms with Crippen LogP contribution in [0.5, 0.6) is 5.75 Å². The number of carbonyl (C=O) groups is 1. The summed E-state index contributed by atoms with van der Waals surface area (Å²) in [5, 5.41) is 12.8. The summed E-state index contributed by atoms with van der Waals surface area (Å²) in [7, 11) is 0. The fourth-order valence-electron chi connectivity index (χ4n) is 1.51. The number of carbonyl (C=O) groups excluding carboxylic acids is 1. The molecule has 0 saturated heterocycles. The van der Waals surface area contributed by atoms with Crippen molar-refractivity contribution in [1.29, 1.82) is 0 Å². The van der Waals surface area contributed by atoms with Gasteiger partial charge in [-0.15, -0.1) is 0 Å². The second kappa shape index (κ2) is 6.27. The maximum atomic E-state index is 11.9. The standard InChI is InChI=1S/C16H25NO3/c1-6-12-7-9-13(10-8-12)20-11-14(18)17-15(2,3)16(4,5)19/h7-10,19H,6,11H2,1-5H3,(H,17,18). The van der Waals surface area contributed by atoms with E-state index in [4.69, 9.17) is 4.74 Å². The topological polar surface area (TPSA) is 58.6 Å². The van der Waals surface area contributed by atoms with Crippen LogP contribution in [-0.4, -0.2) is 28.8 Å². The van der Waals surface area contributed by atoms with Crippen LogP contribution in [-0.2, 0) is 11.2 Å². The van der Waals surface area contributed by atoms with Crippen LogP contribution < -0.4 is 10.1 Å². The minimum absolute atomic E-state index is 0.0645. The first-order valence-corrected chi connectivity index (χ1v) is 6.91. The number of rotatable bonds is 6. The molecule has 0 atom stereocenters. The number of aliphatic hydroxyl groups is 1. The van der Waals surface area contributed by atoms with Crippen molar-refractivity contribution in [3.63, 3.8) is 0 Å². The molecule has 112 valence electrons. The van der Waals surface area contributed by atoms with E-state index in [0.717, 1.165) is 6.42 Å². The van der Waals surface area contributed by atoms with Crippen LogP contribution >= 0.6 is 0 Å². The molecule has 1 amide bonds. The highest BCUT2D eigenvalue weighted by Crippen LogP contribution is 2.20. The Morgan fingerprint density at radius 2 is 1.75 bits per heavy atom. The van der Waals surface area contributed by atoms with E-state index in [0.29, 0.717) is 5.75 Å². The Morgan fingerprint density at radius 3 is 2.20 bits per heavy atom. The molecule has 0 aliphatic rings. The van der Waals surface area contributed by atoms with Crippen molar-refractivity contribution in [2.24, 2.45) is 0 Å². The maximum Gasteiger partial charge on any atom is 0.258 e. The lowest BCUT2D eigenvalue weighted by Crippen LogP contribution is -2.58. The predicted molar refractivity (Wildman–Crippen MR) is 79.8 cm³/mol. The number of nitrogens with one attached hydrogen (secondary N) is 1. The summed E-state index contributed by atoms with van der Waals surface area (Å²) >= 11 is 0. The maximum absolute atomic E-state index is 11.9. The number of ether oxygens (including phenoxy) is 1. The Hall–Kier alpha value is -1.55. The van der Waals surface area contributed by atoms with Crippen molar-refractivity contribution in [2.75, 3.05) is 6.61 Å². The Bertz CT molecular complexity index is 444. The van der Waals surface area contributed by atoms with Crippen LogP contribution in [0.3, 0.4) is 0 Å². The zero-order valence-corrected chi connectivity index (χ0v) is 13.0. The molecule has 2 N–H and O–H groups in total. The molecular weight excluding hydrogens is 254 g/mol. The molecule has 0 aromatic heterocycles. The molecule has 0 unspecified atom stereocenters. The van der Waals surface area contributed by atoms with E-state index in [-0.39, 0.29) is 12.5 Å². The zero-order valence-electron chi connectivity index (χ0n) is 13.0. The molecule has 0 aliphatic heterocycles. The van der Waals surface area contributed by atoms with Gasteiger partial charge in [-0.2, -0.15) is 0 Å². The molecule has 4 heteroatoms. The van der Waals surface area contributed by atoms with Gasteiger partial charge < -0.3 is 15.2 Å². The Balaban J connectivity index is 2.51. The molecule has 0 aliphatic carbocycles. The highest BCUT2D eigenvalue weighted by Gasteiger charge is 2.36. The molecule has 1 rings (SSSR count). The SMILES string of the molecule is CCc1ccc(OCC(=O)NC(C)(C)C(C)(C)O)cc1. The quantitative estimate of drug-likeness (QED) is 0.840. The van der Waals surface area contributed by atoms with Crippen LogP contribution in [0.4, 0.5) is 0 Å². The average Bonchev–Trinajstić information content (AvgIpc) is 2.35. The smallest absolute Gasteiger partial charge is 0.258 e. The Labute approximate surface area is 121 Å². The van der Waals surface area contributed by atoms with Gasteiger partial charge in [0, 0.05) is 0 Å². The number of amides is 1. The van der Waals surface area contributed by atoms with E-state index in [2.05, 4.69) is 12.2 Å². The van der Waals surface area contributed by atoms with E-state index in [1.165, 1.54) is 5.56 Å². The van der Waals surface area contributed by atoms with Gasteiger partial charge in [0.05, 0.1) is 11.1 Å². The highest BCUT2D eigenvalue weighted by molar-refractivity contribution is 5.78. The van der Waals surface area contributed by atoms with Gasteiger partial charge in [-0.3, -0.25) is 4.79 Å². The monoisotopic (exact) mass is 279 g/mol. The van der Waals surface area contributed by atoms with E-state index in [1.807, 2.05) is 24.3 Å². The third-order valence-corrected chi connectivity index (χ3v) is 3.68. The molecule has 20 heavy (non-hydrogen) atoms. The summed E-state index contributed by atoms with van der Waals surface area (Å²) in [5.41, 5.74) is -0.504. The molecule has 0 heterocycles. The van der Waals surface area contributed by atoms with Crippen molar-refractivity contribution >= 4 is 5.91 Å². The lowest BCUT2D eigenvalue weighted by molar-refractivity contribution is -0.128. The van der Waals surface area contributed by atoms with Crippen molar-refractivity contribution in [2.45, 2.75) is 52.2 Å². The van der Waals surface area contributed by atoms with Crippen LogP contribution in [0.25, 0.3) is 0 Å². The van der Waals surface area contributed by atoms with Gasteiger partial charge in [-0.05, 0) is 51.8 Å². The van der Waals surface area contributed by atoms with Gasteiger partial charge in [-0.25, -0.2) is 0 Å². The summed E-state index contributed by atoms with van der Waals surface area (Å²) < 4.78 is 5.43. The molecule has 0 saturated carbocycles. The molecule has 1 aromatic carbocycles. The van der Waals surface area contributed by atoms with Gasteiger partial charge in [0.15, 0.2) is 6.61 Å². The minimum atomic E-state index is -1.01. The van der Waals surface area contributed by atoms with Gasteiger partial charge >= 0.3 is 0 Å². The van der Waals surface area contributed by atoms with E-state index < -0.39 is 11.1 Å². The van der Waals surface area contributed by atoms with E-state index in [1.54, 1.807) is 27.7 Å². The summed E-state index contributed by atoms with van der Waals surface area (Å²) in [4.78, 5) is 11.9. The molecular formula is C16H25NO3. The van der Waals surface area contributed by atoms with Crippen LogP contribution in [0.15, 0.2) is 24.3 Å². The lowest BCUT2D eigenvalue weighted by Gasteiger charge is -2.37. The number of hydrogen-bond donors (Lipinski definition) is 2. The highest BCUT2D eigenvalue weighted by atomic mass is 16.5. The normalized spacial score (nSPS) is 12.1. The van der Waals surface area contributed by atoms with Gasteiger partial charge in [-0.1, -0.05) is 19.1 Å². The summed E-state index contributed by atoms with van der Waals surface area (Å²) in [6, 6.07) is 7.67. The van der Waals surface area contributed by atoms with Crippen molar-refractivity contribution in [1.82, 2.24) is 5.32 Å². The van der Waals surface area contributed by atoms with Gasteiger partial charge in [0.2, 0.25) is 0 Å². The predicted octanol–water partition coefficient (Wildman–Crippen LogP) is 2.29. The molecule has 1 aromatic rings. The van der Waals surface area contributed by atoms with Crippen LogP contribution in [0.2, 0.25) is 0 Å². The molecule has 0 bridgehead atoms. The first-order chi connectivity index (χ1) is 9.15. The second-order valence-electron chi connectivity index (χ2n) is 6.02. The molecule has 0 spiro atoms. The third-order valence-electron chi connectivity index (χ3n) is 3.68. The molecule has 4 nitrogen and oxygen atoms in total. The lowest BCUT2D eigenvalue weighted by atomic mass is 9.86. The van der Waals surface area contributed by atoms with Crippen LogP contribution in [0, 0.1) is 0 Å². The fraction of sp³-hybridized carbons (Fsp3) is 0.562. The average molecular weight is 279 g/mol. The number of aryl methyl sites for hydroxylation is 1. The second-order valence-corrected chi connectivity index (χ2v) is 6.02. The van der Waals surface area contributed by atoms with Crippen LogP contribution in [0.1, 0.15) is 40.2 Å². The fourth-order valence-corrected chi connectivity index (χ4v) is 1.51. The number of benzene rings is 1. The minimum Gasteiger partial charge on any atom is -0.484 e. The zero-order chi connectivity index (χ0) is 15.4. The third kappa shape index (κ3) is 4.53. The van der Waals surface area contributed by atoms with Crippen molar-refractivity contribution in [3.8, 4) is 5.75 Å². The van der Waals surface area contributed by atoms with Crippen molar-refractivity contribution in [3.05, 3.63) is 29.8 Å². The molecule has 0 radical (unpaired) electrons. The first-order valence-electron chi connectivity index (χ1n) is 6.91. The number of hydrogen-bond acceptors (Lipinski definition) is 3. The largest absolute Gasteiger partial charge is 0.484 e. The van der Waals surface area contributed by atoms with E-state index >= 15 is 0 Å². The van der Waals surface area contributed by atoms with Gasteiger partial charge in [0.1, 0.15) is 5.75 Å². The summed E-state index contributed by atoms with van der Waals surface area (Å²) in [5.74, 6) is 0.412.